The Bertz CT molecular complexity index is 1170. The highest BCUT2D eigenvalue weighted by atomic mass is 16.5. The van der Waals surface area contributed by atoms with Gasteiger partial charge in [0.05, 0.1) is 25.6 Å². The molecule has 12 heteroatoms. The van der Waals surface area contributed by atoms with Gasteiger partial charge in [0.2, 0.25) is 0 Å². The maximum absolute atomic E-state index is 10.4. The molecule has 1 saturated heterocycles. The van der Waals surface area contributed by atoms with Gasteiger partial charge >= 0.3 is 17.9 Å². The maximum Gasteiger partial charge on any atom is 0.336 e. The fraction of sp³-hybridized carbons (Fsp3) is 0.517. The van der Waals surface area contributed by atoms with Gasteiger partial charge < -0.3 is 35.6 Å². The molecule has 0 saturated carbocycles. The molecule has 0 atom stereocenters. The summed E-state index contributed by atoms with van der Waals surface area (Å²) >= 11 is 0. The Morgan fingerprint density at radius 2 is 1.59 bits per heavy atom. The molecule has 1 aromatic heterocycles. The van der Waals surface area contributed by atoms with Crippen LogP contribution in [0.3, 0.4) is 0 Å². The second kappa shape index (κ2) is 13.7. The van der Waals surface area contributed by atoms with Crippen molar-refractivity contribution in [3.8, 4) is 11.5 Å². The molecule has 1 fully saturated rings. The van der Waals surface area contributed by atoms with Crippen molar-refractivity contribution in [2.75, 3.05) is 7.11 Å². The number of aliphatic carboxylic acids is 3. The first-order chi connectivity index (χ1) is 18.9. The van der Waals surface area contributed by atoms with Gasteiger partial charge in [-0.1, -0.05) is 6.07 Å². The molecular weight excluding hydrogens is 534 g/mol. The molecule has 0 spiro atoms. The number of methoxy groups -OCH3 is 1. The number of hydrogen-bond donors (Lipinski definition) is 6. The van der Waals surface area contributed by atoms with Gasteiger partial charge in [-0.15, -0.1) is 0 Å². The lowest BCUT2D eigenvalue weighted by Gasteiger charge is -2.49. The minimum absolute atomic E-state index is 0.0468. The molecule has 12 nitrogen and oxygen atoms in total. The molecule has 2 heterocycles. The van der Waals surface area contributed by atoms with Gasteiger partial charge in [0.1, 0.15) is 11.5 Å². The van der Waals surface area contributed by atoms with Crippen LogP contribution < -0.4 is 10.1 Å². The highest BCUT2D eigenvalue weighted by Gasteiger charge is 2.41. The molecule has 2 aromatic rings. The van der Waals surface area contributed by atoms with E-state index >= 15 is 0 Å². The number of aromatic hydroxyl groups is 1. The number of carbonyl (C=O) groups is 3. The first-order valence-electron chi connectivity index (χ1n) is 13.1. The summed E-state index contributed by atoms with van der Waals surface area (Å²) in [5, 5.41) is 48.0. The second-order valence-corrected chi connectivity index (χ2v) is 11.7. The molecule has 0 radical (unpaired) electrons. The summed E-state index contributed by atoms with van der Waals surface area (Å²) in [7, 11) is 1.65. The number of aliphatic hydroxyl groups is 1. The van der Waals surface area contributed by atoms with Crippen molar-refractivity contribution in [2.24, 2.45) is 0 Å². The predicted octanol–water partition coefficient (Wildman–Crippen LogP) is 2.86. The Morgan fingerprint density at radius 1 is 1.00 bits per heavy atom. The van der Waals surface area contributed by atoms with E-state index in [1.165, 1.54) is 0 Å². The van der Waals surface area contributed by atoms with Crippen LogP contribution in [-0.2, 0) is 27.5 Å². The fourth-order valence-corrected chi connectivity index (χ4v) is 5.29. The average molecular weight is 576 g/mol. The number of phenolic OH excluding ortho intramolecular Hbond substituents is 1. The zero-order valence-corrected chi connectivity index (χ0v) is 24.1. The third-order valence-corrected chi connectivity index (χ3v) is 6.72. The Labute approximate surface area is 239 Å². The van der Waals surface area contributed by atoms with E-state index in [4.69, 9.17) is 25.2 Å². The van der Waals surface area contributed by atoms with Gasteiger partial charge in [0, 0.05) is 42.0 Å². The number of phenols is 1. The summed E-state index contributed by atoms with van der Waals surface area (Å²) in [6.07, 6.45) is 1.62. The zero-order chi connectivity index (χ0) is 31.0. The van der Waals surface area contributed by atoms with E-state index in [1.807, 2.05) is 24.4 Å². The van der Waals surface area contributed by atoms with Gasteiger partial charge in [0.25, 0.3) is 0 Å². The van der Waals surface area contributed by atoms with Gasteiger partial charge in [-0.05, 0) is 70.9 Å². The van der Waals surface area contributed by atoms with E-state index in [2.05, 4.69) is 49.0 Å². The van der Waals surface area contributed by atoms with E-state index in [-0.39, 0.29) is 11.1 Å². The molecule has 6 N–H and O–H groups in total. The molecule has 0 amide bonds. The number of pyridine rings is 1. The number of nitrogens with zero attached hydrogens (tertiary/aromatic N) is 2. The monoisotopic (exact) mass is 575 g/mol. The van der Waals surface area contributed by atoms with Crippen molar-refractivity contribution in [3.63, 3.8) is 0 Å². The minimum atomic E-state index is -2.74. The van der Waals surface area contributed by atoms with Crippen molar-refractivity contribution in [1.82, 2.24) is 15.2 Å². The van der Waals surface area contributed by atoms with Gasteiger partial charge in [-0.2, -0.15) is 0 Å². The lowest BCUT2D eigenvalue weighted by atomic mass is 9.79. The third-order valence-electron chi connectivity index (χ3n) is 6.72. The molecular formula is C29H41N3O9. The molecule has 226 valence electrons. The molecule has 3 rings (SSSR count). The van der Waals surface area contributed by atoms with Crippen LogP contribution in [0.5, 0.6) is 11.5 Å². The van der Waals surface area contributed by atoms with E-state index in [9.17, 15) is 19.5 Å². The van der Waals surface area contributed by atoms with Crippen molar-refractivity contribution >= 4 is 17.9 Å². The molecule has 0 aliphatic carbocycles. The minimum Gasteiger partial charge on any atom is -0.508 e. The summed E-state index contributed by atoms with van der Waals surface area (Å²) in [5.74, 6) is -3.95. The SMILES string of the molecule is COc1ccc(O)c(CN(Cc2ccccn2)C2CC(C)(C)NC(C)(C)C2)c1.O=C(O)CC(O)(CC(=O)O)C(=O)O. The number of piperidine rings is 1. The predicted molar refractivity (Wildman–Crippen MR) is 150 cm³/mol. The summed E-state index contributed by atoms with van der Waals surface area (Å²) in [5.41, 5.74) is -0.725. The first kappa shape index (κ1) is 33.5. The summed E-state index contributed by atoms with van der Waals surface area (Å²) in [6, 6.07) is 11.8. The molecule has 0 bridgehead atoms. The second-order valence-electron chi connectivity index (χ2n) is 11.7. The van der Waals surface area contributed by atoms with E-state index in [1.54, 1.807) is 19.2 Å². The molecule has 1 aromatic carbocycles. The number of ether oxygens (including phenoxy) is 1. The molecule has 41 heavy (non-hydrogen) atoms. The van der Waals surface area contributed by atoms with Crippen LogP contribution in [0.15, 0.2) is 42.6 Å². The van der Waals surface area contributed by atoms with Gasteiger partial charge in [-0.3, -0.25) is 19.5 Å². The highest BCUT2D eigenvalue weighted by molar-refractivity contribution is 5.88. The van der Waals surface area contributed by atoms with Gasteiger partial charge in [0.15, 0.2) is 5.60 Å². The number of nitrogens with one attached hydrogen (secondary N) is 1. The largest absolute Gasteiger partial charge is 0.508 e. The highest BCUT2D eigenvalue weighted by Crippen LogP contribution is 2.34. The number of benzene rings is 1. The van der Waals surface area contributed by atoms with Crippen molar-refractivity contribution in [2.45, 2.75) is 89.2 Å². The van der Waals surface area contributed by atoms with Gasteiger partial charge in [-0.25, -0.2) is 4.79 Å². The summed E-state index contributed by atoms with van der Waals surface area (Å²) in [6.45, 7) is 10.5. The molecule has 1 aliphatic rings. The quantitative estimate of drug-likeness (QED) is 0.230. The van der Waals surface area contributed by atoms with Crippen LogP contribution in [0.25, 0.3) is 0 Å². The van der Waals surface area contributed by atoms with E-state index < -0.39 is 36.4 Å². The van der Waals surface area contributed by atoms with Crippen molar-refractivity contribution in [3.05, 3.63) is 53.9 Å². The van der Waals surface area contributed by atoms with Crippen LogP contribution in [0, 0.1) is 0 Å². The summed E-state index contributed by atoms with van der Waals surface area (Å²) in [4.78, 5) is 37.5. The Hall–Kier alpha value is -3.74. The molecule has 1 aliphatic heterocycles. The van der Waals surface area contributed by atoms with Crippen molar-refractivity contribution in [1.29, 1.82) is 0 Å². The van der Waals surface area contributed by atoms with Crippen LogP contribution in [0.4, 0.5) is 0 Å². The average Bonchev–Trinajstić information content (AvgIpc) is 2.83. The summed E-state index contributed by atoms with van der Waals surface area (Å²) < 4.78 is 5.37. The smallest absolute Gasteiger partial charge is 0.336 e. The number of hydrogen-bond acceptors (Lipinski definition) is 9. The lowest BCUT2D eigenvalue weighted by Crippen LogP contribution is -2.62. The van der Waals surface area contributed by atoms with Crippen LogP contribution in [-0.4, -0.2) is 83.2 Å². The van der Waals surface area contributed by atoms with E-state index in [0.29, 0.717) is 18.3 Å². The Balaban J connectivity index is 0.000000383. The molecule has 0 unspecified atom stereocenters. The topological polar surface area (TPSA) is 190 Å². The lowest BCUT2D eigenvalue weighted by molar-refractivity contribution is -0.170. The van der Waals surface area contributed by atoms with Crippen molar-refractivity contribution < 1.29 is 44.7 Å². The third kappa shape index (κ3) is 10.6. The van der Waals surface area contributed by atoms with Crippen LogP contribution in [0.1, 0.15) is 64.6 Å². The number of carboxylic acid groups (broad SMARTS) is 3. The number of rotatable bonds is 11. The van der Waals surface area contributed by atoms with Crippen LogP contribution in [0.2, 0.25) is 0 Å². The zero-order valence-electron chi connectivity index (χ0n) is 24.1. The maximum atomic E-state index is 10.4. The normalized spacial score (nSPS) is 16.4. The fourth-order valence-electron chi connectivity index (χ4n) is 5.29. The standard InChI is InChI=1S/C23H33N3O2.C6H8O7/c1-22(2)13-19(14-23(3,4)25-22)26(16-18-8-6-7-11-24-18)15-17-12-20(28-5)9-10-21(17)27;7-3(8)1-6(13,5(11)12)2-4(9)10/h6-12,19,25,27H,13-16H2,1-5H3;13H,1-2H2,(H,7,8)(H,9,10)(H,11,12). The number of aromatic nitrogens is 1. The Kier molecular flexibility index (Phi) is 11.2. The van der Waals surface area contributed by atoms with E-state index in [0.717, 1.165) is 36.4 Å². The van der Waals surface area contributed by atoms with Crippen LogP contribution >= 0.6 is 0 Å². The number of carboxylic acids is 3. The first-order valence-corrected chi connectivity index (χ1v) is 13.1. The Morgan fingerprint density at radius 3 is 2.05 bits per heavy atom.